The molecule has 32 heavy (non-hydrogen) atoms. The standard InChI is InChI=1S/C24H20N4O4/c1-15(29)26-17-5-3-6-18(12-17)27-23(30)16-9-10-21-22(11-16)25-14-28(24(21)31)19-7-4-8-20(13-19)32-2/h3-14H,1-2H3,(H,26,29)(H,27,30). The van der Waals surface area contributed by atoms with E-state index >= 15 is 0 Å². The molecule has 0 atom stereocenters. The number of nitrogens with one attached hydrogen (secondary N) is 2. The van der Waals surface area contributed by atoms with Gasteiger partial charge in [-0.15, -0.1) is 0 Å². The summed E-state index contributed by atoms with van der Waals surface area (Å²) in [7, 11) is 1.56. The highest BCUT2D eigenvalue weighted by atomic mass is 16.5. The summed E-state index contributed by atoms with van der Waals surface area (Å²) in [5, 5.41) is 5.84. The molecule has 0 radical (unpaired) electrons. The average Bonchev–Trinajstić information content (AvgIpc) is 2.79. The van der Waals surface area contributed by atoms with Crippen LogP contribution in [0, 0.1) is 0 Å². The molecule has 8 nitrogen and oxygen atoms in total. The van der Waals surface area contributed by atoms with Crippen molar-refractivity contribution in [2.75, 3.05) is 17.7 Å². The fourth-order valence-electron chi connectivity index (χ4n) is 3.29. The number of anilines is 2. The number of carbonyl (C=O) groups excluding carboxylic acids is 2. The first-order chi connectivity index (χ1) is 15.4. The van der Waals surface area contributed by atoms with Crippen molar-refractivity contribution in [1.29, 1.82) is 0 Å². The molecule has 0 saturated heterocycles. The van der Waals surface area contributed by atoms with E-state index in [1.165, 1.54) is 17.8 Å². The molecule has 2 N–H and O–H groups in total. The third kappa shape index (κ3) is 4.34. The van der Waals surface area contributed by atoms with Crippen LogP contribution in [0.4, 0.5) is 11.4 Å². The first-order valence-electron chi connectivity index (χ1n) is 9.79. The predicted octanol–water partition coefficient (Wildman–Crippen LogP) is 3.61. The van der Waals surface area contributed by atoms with Gasteiger partial charge in [-0.05, 0) is 48.5 Å². The Labute approximate surface area is 183 Å². The first kappa shape index (κ1) is 20.8. The van der Waals surface area contributed by atoms with Crippen LogP contribution < -0.4 is 20.9 Å². The summed E-state index contributed by atoms with van der Waals surface area (Å²) in [4.78, 5) is 41.3. The van der Waals surface area contributed by atoms with Gasteiger partial charge in [-0.1, -0.05) is 12.1 Å². The zero-order chi connectivity index (χ0) is 22.7. The van der Waals surface area contributed by atoms with Crippen molar-refractivity contribution in [2.24, 2.45) is 0 Å². The van der Waals surface area contributed by atoms with Crippen LogP contribution in [0.1, 0.15) is 17.3 Å². The van der Waals surface area contributed by atoms with Crippen LogP contribution in [0.25, 0.3) is 16.6 Å². The maximum absolute atomic E-state index is 13.0. The number of hydrogen-bond donors (Lipinski definition) is 2. The molecule has 0 bridgehead atoms. The van der Waals surface area contributed by atoms with Crippen molar-refractivity contribution in [3.8, 4) is 11.4 Å². The van der Waals surface area contributed by atoms with Crippen LogP contribution in [0.3, 0.4) is 0 Å². The lowest BCUT2D eigenvalue weighted by atomic mass is 10.1. The van der Waals surface area contributed by atoms with Crippen LogP contribution in [-0.4, -0.2) is 28.5 Å². The summed E-state index contributed by atoms with van der Waals surface area (Å²) in [5.74, 6) is 0.0726. The molecule has 0 saturated carbocycles. The van der Waals surface area contributed by atoms with Gasteiger partial charge >= 0.3 is 0 Å². The molecule has 0 aliphatic heterocycles. The Hall–Kier alpha value is -4.46. The molecule has 1 aromatic heterocycles. The summed E-state index contributed by atoms with van der Waals surface area (Å²) >= 11 is 0. The van der Waals surface area contributed by atoms with Gasteiger partial charge in [-0.2, -0.15) is 0 Å². The van der Waals surface area contributed by atoms with Crippen molar-refractivity contribution in [2.45, 2.75) is 6.92 Å². The summed E-state index contributed by atoms with van der Waals surface area (Å²) in [6, 6.07) is 18.7. The minimum atomic E-state index is -0.356. The van der Waals surface area contributed by atoms with Gasteiger partial charge < -0.3 is 15.4 Å². The Morgan fingerprint density at radius 2 is 1.69 bits per heavy atom. The SMILES string of the molecule is COc1cccc(-n2cnc3cc(C(=O)Nc4cccc(NC(C)=O)c4)ccc3c2=O)c1. The summed E-state index contributed by atoms with van der Waals surface area (Å²) in [5.41, 5.74) is 2.25. The molecule has 0 fully saturated rings. The van der Waals surface area contributed by atoms with Gasteiger partial charge in [0.25, 0.3) is 11.5 Å². The smallest absolute Gasteiger partial charge is 0.265 e. The molecule has 8 heteroatoms. The highest BCUT2D eigenvalue weighted by Crippen LogP contribution is 2.19. The molecule has 0 aliphatic rings. The lowest BCUT2D eigenvalue weighted by molar-refractivity contribution is -0.114. The second-order valence-electron chi connectivity index (χ2n) is 7.07. The Morgan fingerprint density at radius 1 is 0.938 bits per heavy atom. The van der Waals surface area contributed by atoms with E-state index in [-0.39, 0.29) is 17.4 Å². The monoisotopic (exact) mass is 428 g/mol. The number of methoxy groups -OCH3 is 1. The Morgan fingerprint density at radius 3 is 2.44 bits per heavy atom. The first-order valence-corrected chi connectivity index (χ1v) is 9.79. The Balaban J connectivity index is 1.62. The van der Waals surface area contributed by atoms with E-state index in [2.05, 4.69) is 15.6 Å². The van der Waals surface area contributed by atoms with Crippen LogP contribution in [0.5, 0.6) is 5.75 Å². The van der Waals surface area contributed by atoms with Crippen LogP contribution in [-0.2, 0) is 4.79 Å². The number of aromatic nitrogens is 2. The molecule has 1 heterocycles. The van der Waals surface area contributed by atoms with E-state index in [0.717, 1.165) is 0 Å². The number of carbonyl (C=O) groups is 2. The Kier molecular flexibility index (Phi) is 5.67. The molecule has 4 aromatic rings. The molecule has 160 valence electrons. The lowest BCUT2D eigenvalue weighted by Crippen LogP contribution is -2.19. The number of nitrogens with zero attached hydrogens (tertiary/aromatic N) is 2. The van der Waals surface area contributed by atoms with E-state index in [9.17, 15) is 14.4 Å². The van der Waals surface area contributed by atoms with Gasteiger partial charge in [0.1, 0.15) is 12.1 Å². The molecule has 0 aliphatic carbocycles. The minimum absolute atomic E-state index is 0.200. The minimum Gasteiger partial charge on any atom is -0.497 e. The van der Waals surface area contributed by atoms with Crippen molar-refractivity contribution >= 4 is 34.1 Å². The van der Waals surface area contributed by atoms with Gasteiger partial charge in [0.05, 0.1) is 23.7 Å². The van der Waals surface area contributed by atoms with Crippen molar-refractivity contribution < 1.29 is 14.3 Å². The maximum atomic E-state index is 13.0. The van der Waals surface area contributed by atoms with E-state index < -0.39 is 0 Å². The molecule has 4 rings (SSSR count). The quantitative estimate of drug-likeness (QED) is 0.506. The zero-order valence-corrected chi connectivity index (χ0v) is 17.5. The number of benzene rings is 3. The highest BCUT2D eigenvalue weighted by molar-refractivity contribution is 6.06. The maximum Gasteiger partial charge on any atom is 0.265 e. The normalized spacial score (nSPS) is 10.6. The summed E-state index contributed by atoms with van der Waals surface area (Å²) in [6.45, 7) is 1.41. The second-order valence-corrected chi connectivity index (χ2v) is 7.07. The van der Waals surface area contributed by atoms with Crippen LogP contribution >= 0.6 is 0 Å². The number of amides is 2. The fraction of sp³-hybridized carbons (Fsp3) is 0.0833. The molecule has 2 amide bonds. The van der Waals surface area contributed by atoms with E-state index in [4.69, 9.17) is 4.74 Å². The largest absolute Gasteiger partial charge is 0.497 e. The van der Waals surface area contributed by atoms with Gasteiger partial charge in [-0.25, -0.2) is 4.98 Å². The number of hydrogen-bond acceptors (Lipinski definition) is 5. The van der Waals surface area contributed by atoms with Crippen LogP contribution in [0.15, 0.2) is 77.9 Å². The second kappa shape index (κ2) is 8.73. The fourth-order valence-corrected chi connectivity index (χ4v) is 3.29. The molecular weight excluding hydrogens is 408 g/mol. The van der Waals surface area contributed by atoms with E-state index in [1.807, 2.05) is 0 Å². The zero-order valence-electron chi connectivity index (χ0n) is 17.5. The molecule has 0 spiro atoms. The van der Waals surface area contributed by atoms with Gasteiger partial charge in [0.15, 0.2) is 0 Å². The molecule has 0 unspecified atom stereocenters. The van der Waals surface area contributed by atoms with Crippen molar-refractivity contribution in [3.63, 3.8) is 0 Å². The van der Waals surface area contributed by atoms with E-state index in [1.54, 1.807) is 73.8 Å². The third-order valence-corrected chi connectivity index (χ3v) is 4.79. The average molecular weight is 428 g/mol. The van der Waals surface area contributed by atoms with E-state index in [0.29, 0.717) is 39.3 Å². The Bertz CT molecular complexity index is 1390. The summed E-state index contributed by atoms with van der Waals surface area (Å²) in [6.07, 6.45) is 1.43. The summed E-state index contributed by atoms with van der Waals surface area (Å²) < 4.78 is 6.65. The van der Waals surface area contributed by atoms with Gasteiger partial charge in [0.2, 0.25) is 5.91 Å². The molecular formula is C24H20N4O4. The van der Waals surface area contributed by atoms with Crippen LogP contribution in [0.2, 0.25) is 0 Å². The molecule has 3 aromatic carbocycles. The predicted molar refractivity (Wildman–Crippen MR) is 123 cm³/mol. The lowest BCUT2D eigenvalue weighted by Gasteiger charge is -2.10. The third-order valence-electron chi connectivity index (χ3n) is 4.79. The number of rotatable bonds is 5. The number of fused-ring (bicyclic) bond motifs is 1. The highest BCUT2D eigenvalue weighted by Gasteiger charge is 2.12. The number of ether oxygens (including phenoxy) is 1. The van der Waals surface area contributed by atoms with Crippen molar-refractivity contribution in [1.82, 2.24) is 9.55 Å². The van der Waals surface area contributed by atoms with Gasteiger partial charge in [0, 0.05) is 29.9 Å². The topological polar surface area (TPSA) is 102 Å². The van der Waals surface area contributed by atoms with Gasteiger partial charge in [-0.3, -0.25) is 19.0 Å². The van der Waals surface area contributed by atoms with Crippen molar-refractivity contribution in [3.05, 3.63) is 89.0 Å².